The number of carbonyl (C=O) groups is 1. The first-order valence-electron chi connectivity index (χ1n) is 7.62. The van der Waals surface area contributed by atoms with Crippen molar-refractivity contribution in [2.24, 2.45) is 0 Å². The number of nitrogens with one attached hydrogen (secondary N) is 2. The van der Waals surface area contributed by atoms with Crippen molar-refractivity contribution < 1.29 is 18.3 Å². The number of halogens is 2. The highest BCUT2D eigenvalue weighted by Crippen LogP contribution is 2.22. The molecule has 2 aromatic heterocycles. The second-order valence-corrected chi connectivity index (χ2v) is 6.04. The van der Waals surface area contributed by atoms with Gasteiger partial charge in [-0.3, -0.25) is 0 Å². The molecule has 0 aliphatic rings. The van der Waals surface area contributed by atoms with Gasteiger partial charge in [-0.25, -0.2) is 13.6 Å². The summed E-state index contributed by atoms with van der Waals surface area (Å²) in [6.45, 7) is 0.329. The van der Waals surface area contributed by atoms with E-state index >= 15 is 0 Å². The number of amides is 2. The van der Waals surface area contributed by atoms with Crippen LogP contribution in [0.1, 0.15) is 0 Å². The second-order valence-electron chi connectivity index (χ2n) is 5.09. The second kappa shape index (κ2) is 8.34. The lowest BCUT2D eigenvalue weighted by Gasteiger charge is -2.09. The van der Waals surface area contributed by atoms with Crippen LogP contribution in [0.5, 0.6) is 5.88 Å². The van der Waals surface area contributed by atoms with Gasteiger partial charge >= 0.3 is 6.03 Å². The van der Waals surface area contributed by atoms with Crippen molar-refractivity contribution in [2.45, 2.75) is 0 Å². The maximum atomic E-state index is 13.4. The van der Waals surface area contributed by atoms with Gasteiger partial charge in [-0.2, -0.15) is 0 Å². The molecule has 2 heterocycles. The van der Waals surface area contributed by atoms with E-state index in [0.29, 0.717) is 11.9 Å². The van der Waals surface area contributed by atoms with Crippen LogP contribution in [0, 0.1) is 11.6 Å². The minimum atomic E-state index is -0.850. The van der Waals surface area contributed by atoms with Crippen LogP contribution >= 0.6 is 11.3 Å². The molecule has 134 valence electrons. The number of benzene rings is 1. The van der Waals surface area contributed by atoms with E-state index in [1.165, 1.54) is 0 Å². The van der Waals surface area contributed by atoms with Crippen LogP contribution < -0.4 is 15.4 Å². The third-order valence-electron chi connectivity index (χ3n) is 3.23. The van der Waals surface area contributed by atoms with Crippen molar-refractivity contribution >= 4 is 23.1 Å². The summed E-state index contributed by atoms with van der Waals surface area (Å²) in [5.74, 6) is -1.23. The Kier molecular flexibility index (Phi) is 5.69. The standard InChI is InChI=1S/C17H14F2N4O2S/c18-11-3-4-13(12(19)10-11)21-17(24)20-7-8-25-16-6-5-14(22-23-16)15-2-1-9-26-15/h1-6,9-10H,7-8H2,(H2,20,21,24). The molecular formula is C17H14F2N4O2S. The highest BCUT2D eigenvalue weighted by atomic mass is 32.1. The minimum absolute atomic E-state index is 0.111. The smallest absolute Gasteiger partial charge is 0.319 e. The molecule has 0 aliphatic heterocycles. The van der Waals surface area contributed by atoms with E-state index in [1.54, 1.807) is 23.5 Å². The van der Waals surface area contributed by atoms with Gasteiger partial charge in [-0.1, -0.05) is 6.07 Å². The van der Waals surface area contributed by atoms with Gasteiger partial charge in [0.2, 0.25) is 5.88 Å². The summed E-state index contributed by atoms with van der Waals surface area (Å²) in [6, 6.07) is 9.63. The molecule has 6 nitrogen and oxygen atoms in total. The Balaban J connectivity index is 1.41. The first-order chi connectivity index (χ1) is 12.6. The molecule has 0 spiro atoms. The van der Waals surface area contributed by atoms with E-state index in [0.717, 1.165) is 22.7 Å². The first kappa shape index (κ1) is 17.7. The fourth-order valence-electron chi connectivity index (χ4n) is 2.03. The third kappa shape index (κ3) is 4.73. The van der Waals surface area contributed by atoms with Crippen molar-refractivity contribution in [3.05, 3.63) is 59.5 Å². The molecule has 2 amide bonds. The van der Waals surface area contributed by atoms with Crippen LogP contribution in [0.25, 0.3) is 10.6 Å². The maximum absolute atomic E-state index is 13.4. The summed E-state index contributed by atoms with van der Waals surface area (Å²) in [6.07, 6.45) is 0. The molecule has 2 N–H and O–H groups in total. The van der Waals surface area contributed by atoms with Crippen molar-refractivity contribution in [2.75, 3.05) is 18.5 Å². The largest absolute Gasteiger partial charge is 0.475 e. The predicted octanol–water partition coefficient (Wildman–Crippen LogP) is 3.68. The van der Waals surface area contributed by atoms with Crippen LogP contribution in [0.4, 0.5) is 19.3 Å². The molecule has 3 rings (SSSR count). The van der Waals surface area contributed by atoms with Gasteiger partial charge in [0.05, 0.1) is 17.1 Å². The van der Waals surface area contributed by atoms with Crippen LogP contribution in [-0.2, 0) is 0 Å². The number of carbonyl (C=O) groups excluding carboxylic acids is 1. The van der Waals surface area contributed by atoms with Gasteiger partial charge in [-0.15, -0.1) is 21.5 Å². The van der Waals surface area contributed by atoms with Gasteiger partial charge in [-0.05, 0) is 29.6 Å². The summed E-state index contributed by atoms with van der Waals surface area (Å²) < 4.78 is 31.6. The Morgan fingerprint density at radius 3 is 2.73 bits per heavy atom. The molecule has 0 fully saturated rings. The predicted molar refractivity (Wildman–Crippen MR) is 94.2 cm³/mol. The number of aromatic nitrogens is 2. The van der Waals surface area contributed by atoms with Crippen LogP contribution in [0.15, 0.2) is 47.8 Å². The molecule has 0 atom stereocenters. The molecule has 0 saturated carbocycles. The average molecular weight is 376 g/mol. The van der Waals surface area contributed by atoms with E-state index in [2.05, 4.69) is 20.8 Å². The lowest BCUT2D eigenvalue weighted by molar-refractivity contribution is 0.246. The molecule has 1 aromatic carbocycles. The molecule has 9 heteroatoms. The maximum Gasteiger partial charge on any atom is 0.319 e. The number of hydrogen-bond donors (Lipinski definition) is 2. The molecular weight excluding hydrogens is 362 g/mol. The molecule has 3 aromatic rings. The van der Waals surface area contributed by atoms with Gasteiger partial charge in [0, 0.05) is 12.1 Å². The minimum Gasteiger partial charge on any atom is -0.475 e. The van der Waals surface area contributed by atoms with Gasteiger partial charge in [0.1, 0.15) is 23.9 Å². The molecule has 0 saturated heterocycles. The Bertz CT molecular complexity index is 873. The van der Waals surface area contributed by atoms with Crippen molar-refractivity contribution in [1.82, 2.24) is 15.5 Å². The topological polar surface area (TPSA) is 76.1 Å². The van der Waals surface area contributed by atoms with Gasteiger partial charge < -0.3 is 15.4 Å². The fraction of sp³-hybridized carbons (Fsp3) is 0.118. The molecule has 0 unspecified atom stereocenters. The van der Waals surface area contributed by atoms with Crippen LogP contribution in [0.2, 0.25) is 0 Å². The number of anilines is 1. The number of hydrogen-bond acceptors (Lipinski definition) is 5. The highest BCUT2D eigenvalue weighted by molar-refractivity contribution is 7.13. The number of thiophene rings is 1. The van der Waals surface area contributed by atoms with Crippen molar-refractivity contribution in [3.63, 3.8) is 0 Å². The summed E-state index contributed by atoms with van der Waals surface area (Å²) in [5.41, 5.74) is 0.644. The lowest BCUT2D eigenvalue weighted by Crippen LogP contribution is -2.32. The number of urea groups is 1. The average Bonchev–Trinajstić information content (AvgIpc) is 3.16. The fourth-order valence-corrected chi connectivity index (χ4v) is 2.72. The third-order valence-corrected chi connectivity index (χ3v) is 4.12. The lowest BCUT2D eigenvalue weighted by atomic mass is 10.3. The van der Waals surface area contributed by atoms with Crippen LogP contribution in [0.3, 0.4) is 0 Å². The van der Waals surface area contributed by atoms with Gasteiger partial charge in [0.15, 0.2) is 0 Å². The Morgan fingerprint density at radius 1 is 1.15 bits per heavy atom. The molecule has 0 radical (unpaired) electrons. The van der Waals surface area contributed by atoms with E-state index in [4.69, 9.17) is 4.74 Å². The van der Waals surface area contributed by atoms with E-state index in [9.17, 15) is 13.6 Å². The number of nitrogens with zero attached hydrogens (tertiary/aromatic N) is 2. The summed E-state index contributed by atoms with van der Waals surface area (Å²) >= 11 is 1.56. The van der Waals surface area contributed by atoms with Crippen molar-refractivity contribution in [1.29, 1.82) is 0 Å². The van der Waals surface area contributed by atoms with E-state index in [1.807, 2.05) is 17.5 Å². The zero-order valence-electron chi connectivity index (χ0n) is 13.4. The monoisotopic (exact) mass is 376 g/mol. The zero-order valence-corrected chi connectivity index (χ0v) is 14.2. The summed E-state index contributed by atoms with van der Waals surface area (Å²) in [4.78, 5) is 12.7. The Hall–Kier alpha value is -3.07. The summed E-state index contributed by atoms with van der Waals surface area (Å²) in [5, 5.41) is 14.8. The van der Waals surface area contributed by atoms with Crippen molar-refractivity contribution in [3.8, 4) is 16.5 Å². The van der Waals surface area contributed by atoms with Crippen LogP contribution in [-0.4, -0.2) is 29.4 Å². The Labute approximate surface area is 151 Å². The zero-order chi connectivity index (χ0) is 18.4. The van der Waals surface area contributed by atoms with E-state index < -0.39 is 17.7 Å². The number of ether oxygens (including phenoxy) is 1. The quantitative estimate of drug-likeness (QED) is 0.644. The first-order valence-corrected chi connectivity index (χ1v) is 8.50. The number of rotatable bonds is 6. The normalized spacial score (nSPS) is 10.4. The highest BCUT2D eigenvalue weighted by Gasteiger charge is 2.07. The molecule has 0 bridgehead atoms. The molecule has 26 heavy (non-hydrogen) atoms. The van der Waals surface area contributed by atoms with Gasteiger partial charge in [0.25, 0.3) is 0 Å². The SMILES string of the molecule is O=C(NCCOc1ccc(-c2cccs2)nn1)Nc1ccc(F)cc1F. The molecule has 0 aliphatic carbocycles. The van der Waals surface area contributed by atoms with E-state index in [-0.39, 0.29) is 18.8 Å². The Morgan fingerprint density at radius 2 is 2.04 bits per heavy atom. The summed E-state index contributed by atoms with van der Waals surface area (Å²) in [7, 11) is 0.